The van der Waals surface area contributed by atoms with E-state index in [1.165, 1.54) is 75.9 Å². The van der Waals surface area contributed by atoms with Gasteiger partial charge in [-0.2, -0.15) is 0 Å². The standard InChI is InChI=1S/C66H48N2Si/c1-6-18-49(19-7-1)51-30-37-56(38-31-51)67(57-39-32-53(33-40-57)54-36-47-66-64(48-54)63-28-16-17-29-65(63)68(66)55-22-10-3-11-23-55)58-41-45-62(46-42-58)69(59-24-12-4-13-25-59,60-26-14-5-15-27-60)61-43-34-52(35-44-61)50-20-8-2-9-21-50/h1-48H. The first-order valence-electron chi connectivity index (χ1n) is 23.7. The Kier molecular flexibility index (Phi) is 11.0. The minimum absolute atomic E-state index is 1.09. The molecule has 3 heteroatoms. The molecule has 12 aromatic rings. The van der Waals surface area contributed by atoms with Crippen molar-refractivity contribution < 1.29 is 0 Å². The average Bonchev–Trinajstić information content (AvgIpc) is 3.77. The second-order valence-electron chi connectivity index (χ2n) is 17.7. The summed E-state index contributed by atoms with van der Waals surface area (Å²) in [5, 5.41) is 7.87. The largest absolute Gasteiger partial charge is 0.311 e. The van der Waals surface area contributed by atoms with Crippen molar-refractivity contribution in [1.82, 2.24) is 4.57 Å². The molecular weight excluding hydrogens is 849 g/mol. The summed E-state index contributed by atoms with van der Waals surface area (Å²) in [6.07, 6.45) is 0. The number of rotatable bonds is 11. The Hall–Kier alpha value is -8.76. The quantitative estimate of drug-likeness (QED) is 0.0928. The monoisotopic (exact) mass is 896 g/mol. The van der Waals surface area contributed by atoms with Crippen LogP contribution in [0, 0.1) is 0 Å². The summed E-state index contributed by atoms with van der Waals surface area (Å²) < 4.78 is 2.37. The summed E-state index contributed by atoms with van der Waals surface area (Å²) in [5.41, 5.74) is 14.0. The van der Waals surface area contributed by atoms with Crippen molar-refractivity contribution >= 4 is 67.7 Å². The molecule has 0 saturated carbocycles. The zero-order valence-corrected chi connectivity index (χ0v) is 39.1. The van der Waals surface area contributed by atoms with Crippen molar-refractivity contribution in [3.63, 3.8) is 0 Å². The van der Waals surface area contributed by atoms with Crippen molar-refractivity contribution in [3.05, 3.63) is 291 Å². The van der Waals surface area contributed by atoms with E-state index >= 15 is 0 Å². The highest BCUT2D eigenvalue weighted by Gasteiger charge is 2.41. The van der Waals surface area contributed by atoms with Crippen LogP contribution in [0.25, 0.3) is 60.9 Å². The molecule has 0 amide bonds. The molecule has 11 aromatic carbocycles. The Morgan fingerprint density at radius 1 is 0.246 bits per heavy atom. The molecule has 0 aliphatic rings. The van der Waals surface area contributed by atoms with Crippen molar-refractivity contribution in [1.29, 1.82) is 0 Å². The highest BCUT2D eigenvalue weighted by molar-refractivity contribution is 7.19. The van der Waals surface area contributed by atoms with E-state index in [9.17, 15) is 0 Å². The van der Waals surface area contributed by atoms with Crippen molar-refractivity contribution in [2.75, 3.05) is 4.90 Å². The minimum Gasteiger partial charge on any atom is -0.311 e. The summed E-state index contributed by atoms with van der Waals surface area (Å²) in [6, 6.07) is 107. The molecule has 69 heavy (non-hydrogen) atoms. The van der Waals surface area contributed by atoms with Gasteiger partial charge >= 0.3 is 0 Å². The van der Waals surface area contributed by atoms with Crippen LogP contribution in [0.4, 0.5) is 17.1 Å². The summed E-state index contributed by atoms with van der Waals surface area (Å²) in [6.45, 7) is 0. The third-order valence-corrected chi connectivity index (χ3v) is 18.6. The number of para-hydroxylation sites is 2. The van der Waals surface area contributed by atoms with Gasteiger partial charge in [-0.25, -0.2) is 0 Å². The summed E-state index contributed by atoms with van der Waals surface area (Å²) in [7, 11) is -2.80. The van der Waals surface area contributed by atoms with Gasteiger partial charge in [0.1, 0.15) is 0 Å². The van der Waals surface area contributed by atoms with Crippen LogP contribution in [0.5, 0.6) is 0 Å². The fraction of sp³-hybridized carbons (Fsp3) is 0. The lowest BCUT2D eigenvalue weighted by Crippen LogP contribution is -2.74. The average molecular weight is 897 g/mol. The SMILES string of the molecule is c1ccc(-c2ccc(N(c3ccc(-c4ccc5c(c4)c4ccccc4n5-c4ccccc4)cc3)c3ccc([Si](c4ccccc4)(c4ccccc4)c4ccc(-c5ccccc5)cc4)cc3)cc2)cc1. The van der Waals surface area contributed by atoms with Crippen LogP contribution in [0.1, 0.15) is 0 Å². The normalized spacial score (nSPS) is 11.5. The summed E-state index contributed by atoms with van der Waals surface area (Å²) in [5.74, 6) is 0. The molecule has 0 atom stereocenters. The van der Waals surface area contributed by atoms with Gasteiger partial charge in [0, 0.05) is 33.5 Å². The maximum absolute atomic E-state index is 2.80. The Labute approximate surface area is 405 Å². The molecule has 0 spiro atoms. The van der Waals surface area contributed by atoms with Crippen molar-refractivity contribution in [3.8, 4) is 39.1 Å². The minimum atomic E-state index is -2.80. The first-order valence-corrected chi connectivity index (χ1v) is 25.7. The van der Waals surface area contributed by atoms with Crippen LogP contribution >= 0.6 is 0 Å². The number of fused-ring (bicyclic) bond motifs is 3. The Balaban J connectivity index is 0.967. The molecule has 0 saturated heterocycles. The molecule has 326 valence electrons. The summed E-state index contributed by atoms with van der Waals surface area (Å²) in [4.78, 5) is 2.39. The molecule has 12 rings (SSSR count). The van der Waals surface area contributed by atoms with Crippen LogP contribution < -0.4 is 25.6 Å². The fourth-order valence-electron chi connectivity index (χ4n) is 10.5. The van der Waals surface area contributed by atoms with Gasteiger partial charge in [0.05, 0.1) is 11.0 Å². The third-order valence-electron chi connectivity index (χ3n) is 13.8. The van der Waals surface area contributed by atoms with Crippen LogP contribution in [0.3, 0.4) is 0 Å². The lowest BCUT2D eigenvalue weighted by molar-refractivity contribution is 1.18. The van der Waals surface area contributed by atoms with E-state index < -0.39 is 8.07 Å². The lowest BCUT2D eigenvalue weighted by atomic mass is 10.0. The second kappa shape index (κ2) is 18.1. The smallest absolute Gasteiger partial charge is 0.179 e. The topological polar surface area (TPSA) is 8.17 Å². The molecule has 0 unspecified atom stereocenters. The molecule has 0 aliphatic heterocycles. The fourth-order valence-corrected chi connectivity index (χ4v) is 15.2. The Morgan fingerprint density at radius 3 is 1.09 bits per heavy atom. The summed E-state index contributed by atoms with van der Waals surface area (Å²) >= 11 is 0. The van der Waals surface area contributed by atoms with Gasteiger partial charge in [0.15, 0.2) is 8.07 Å². The van der Waals surface area contributed by atoms with E-state index in [1.807, 2.05) is 0 Å². The second-order valence-corrected chi connectivity index (χ2v) is 21.5. The zero-order valence-electron chi connectivity index (χ0n) is 38.1. The van der Waals surface area contributed by atoms with Crippen LogP contribution in [0.15, 0.2) is 291 Å². The number of nitrogens with zero attached hydrogens (tertiary/aromatic N) is 2. The number of anilines is 3. The molecular formula is C66H48N2Si. The molecule has 1 aromatic heterocycles. The molecule has 0 bridgehead atoms. The maximum Gasteiger partial charge on any atom is 0.179 e. The van der Waals surface area contributed by atoms with Crippen LogP contribution in [-0.4, -0.2) is 12.6 Å². The van der Waals surface area contributed by atoms with Crippen molar-refractivity contribution in [2.24, 2.45) is 0 Å². The van der Waals surface area contributed by atoms with Gasteiger partial charge < -0.3 is 9.47 Å². The number of aromatic nitrogens is 1. The van der Waals surface area contributed by atoms with E-state index in [-0.39, 0.29) is 0 Å². The van der Waals surface area contributed by atoms with E-state index in [0.717, 1.165) is 22.7 Å². The third kappa shape index (κ3) is 7.65. The number of benzene rings is 11. The predicted octanol–water partition coefficient (Wildman–Crippen LogP) is 14.6. The van der Waals surface area contributed by atoms with E-state index in [0.29, 0.717) is 0 Å². The first kappa shape index (κ1) is 41.7. The zero-order chi connectivity index (χ0) is 46.0. The maximum atomic E-state index is 2.40. The first-order chi connectivity index (χ1) is 34.2. The van der Waals surface area contributed by atoms with Gasteiger partial charge in [-0.1, -0.05) is 224 Å². The van der Waals surface area contributed by atoms with Crippen LogP contribution in [0.2, 0.25) is 0 Å². The van der Waals surface area contributed by atoms with E-state index in [4.69, 9.17) is 0 Å². The van der Waals surface area contributed by atoms with E-state index in [1.54, 1.807) is 0 Å². The highest BCUT2D eigenvalue weighted by Crippen LogP contribution is 2.39. The van der Waals surface area contributed by atoms with Crippen molar-refractivity contribution in [2.45, 2.75) is 0 Å². The van der Waals surface area contributed by atoms with Gasteiger partial charge in [-0.15, -0.1) is 0 Å². The lowest BCUT2D eigenvalue weighted by Gasteiger charge is -2.35. The van der Waals surface area contributed by atoms with Crippen LogP contribution in [-0.2, 0) is 0 Å². The molecule has 1 heterocycles. The van der Waals surface area contributed by atoms with E-state index in [2.05, 4.69) is 301 Å². The molecule has 0 N–H and O–H groups in total. The molecule has 2 nitrogen and oxygen atoms in total. The Bertz CT molecular complexity index is 3610. The predicted molar refractivity (Wildman–Crippen MR) is 295 cm³/mol. The number of hydrogen-bond donors (Lipinski definition) is 0. The number of hydrogen-bond acceptors (Lipinski definition) is 1. The molecule has 0 aliphatic carbocycles. The Morgan fingerprint density at radius 2 is 0.580 bits per heavy atom. The molecule has 0 radical (unpaired) electrons. The van der Waals surface area contributed by atoms with Gasteiger partial charge in [0.25, 0.3) is 0 Å². The van der Waals surface area contributed by atoms with Gasteiger partial charge in [0.2, 0.25) is 0 Å². The molecule has 0 fully saturated rings. The highest BCUT2D eigenvalue weighted by atomic mass is 28.3. The van der Waals surface area contributed by atoms with Gasteiger partial charge in [-0.05, 0) is 121 Å². The van der Waals surface area contributed by atoms with Gasteiger partial charge in [-0.3, -0.25) is 0 Å².